The van der Waals surface area contributed by atoms with E-state index in [9.17, 15) is 14.7 Å². The lowest BCUT2D eigenvalue weighted by Crippen LogP contribution is -2.60. The average molecular weight is 551 g/mol. The predicted molar refractivity (Wildman–Crippen MR) is 156 cm³/mol. The highest BCUT2D eigenvalue weighted by Crippen LogP contribution is 2.46. The molecular formula is C32H39ClN2O4. The van der Waals surface area contributed by atoms with E-state index in [0.717, 1.165) is 27.6 Å². The normalized spacial score (nSPS) is 20.5. The van der Waals surface area contributed by atoms with Gasteiger partial charge in [0.05, 0.1) is 18.6 Å². The number of nitrogens with one attached hydrogen (secondary N) is 1. The third kappa shape index (κ3) is 5.78. The molecule has 4 rings (SSSR count). The number of fused-ring (bicyclic) bond motifs is 1. The van der Waals surface area contributed by atoms with Crippen LogP contribution in [0.2, 0.25) is 5.02 Å². The number of amides is 2. The number of likely N-dealkylation sites (tertiary alicyclic amines) is 1. The summed E-state index contributed by atoms with van der Waals surface area (Å²) in [5, 5.41) is 17.4. The Balaban J connectivity index is 1.48. The van der Waals surface area contributed by atoms with Gasteiger partial charge >= 0.3 is 0 Å². The number of rotatable bonds is 7. The van der Waals surface area contributed by atoms with E-state index in [-0.39, 0.29) is 17.7 Å². The Kier molecular flexibility index (Phi) is 8.29. The lowest BCUT2D eigenvalue weighted by atomic mass is 9.66. The van der Waals surface area contributed by atoms with Crippen LogP contribution in [0.5, 0.6) is 5.75 Å². The van der Waals surface area contributed by atoms with E-state index < -0.39 is 23.0 Å². The third-order valence-electron chi connectivity index (χ3n) is 8.28. The van der Waals surface area contributed by atoms with Crippen molar-refractivity contribution in [3.63, 3.8) is 0 Å². The van der Waals surface area contributed by atoms with E-state index in [2.05, 4.69) is 5.32 Å². The van der Waals surface area contributed by atoms with Gasteiger partial charge in [0.2, 0.25) is 11.8 Å². The molecule has 1 fully saturated rings. The van der Waals surface area contributed by atoms with E-state index in [1.807, 2.05) is 83.1 Å². The molecule has 0 unspecified atom stereocenters. The topological polar surface area (TPSA) is 78.9 Å². The van der Waals surface area contributed by atoms with Gasteiger partial charge in [-0.05, 0) is 65.4 Å². The SMILES string of the molecule is COc1ccc2cc([C@H](C)C(=O)N[C@@H](C(=O)N3CC[C@](O)(c4ccc(Cl)cc4)C(C)(C)C3)C(C)C)ccc2c1. The van der Waals surface area contributed by atoms with Gasteiger partial charge in [-0.25, -0.2) is 0 Å². The molecule has 0 saturated carbocycles. The molecule has 1 aliphatic rings. The Morgan fingerprint density at radius 1 is 1.00 bits per heavy atom. The lowest BCUT2D eigenvalue weighted by molar-refractivity contribution is -0.156. The summed E-state index contributed by atoms with van der Waals surface area (Å²) in [6, 6.07) is 18.4. The van der Waals surface area contributed by atoms with Crippen LogP contribution >= 0.6 is 11.6 Å². The summed E-state index contributed by atoms with van der Waals surface area (Å²) in [4.78, 5) is 28.9. The Labute approximate surface area is 236 Å². The van der Waals surface area contributed by atoms with E-state index in [1.165, 1.54) is 0 Å². The molecule has 208 valence electrons. The van der Waals surface area contributed by atoms with Gasteiger partial charge in [-0.2, -0.15) is 0 Å². The number of nitrogens with zero attached hydrogens (tertiary/aromatic N) is 1. The fraction of sp³-hybridized carbons (Fsp3) is 0.438. The highest BCUT2D eigenvalue weighted by atomic mass is 35.5. The van der Waals surface area contributed by atoms with E-state index in [1.54, 1.807) is 24.1 Å². The van der Waals surface area contributed by atoms with Crippen molar-refractivity contribution in [2.24, 2.45) is 11.3 Å². The van der Waals surface area contributed by atoms with E-state index >= 15 is 0 Å². The minimum absolute atomic E-state index is 0.0992. The summed E-state index contributed by atoms with van der Waals surface area (Å²) in [5.41, 5.74) is -0.0337. The number of halogens is 1. The quantitative estimate of drug-likeness (QED) is 0.384. The zero-order valence-electron chi connectivity index (χ0n) is 23.6. The number of aliphatic hydroxyl groups is 1. The zero-order valence-corrected chi connectivity index (χ0v) is 24.4. The van der Waals surface area contributed by atoms with E-state index in [0.29, 0.717) is 24.5 Å². The maximum Gasteiger partial charge on any atom is 0.245 e. The molecule has 0 bridgehead atoms. The molecule has 1 saturated heterocycles. The average Bonchev–Trinajstić information content (AvgIpc) is 2.91. The van der Waals surface area contributed by atoms with Gasteiger partial charge in [0, 0.05) is 23.5 Å². The molecule has 0 spiro atoms. The first-order valence-electron chi connectivity index (χ1n) is 13.5. The van der Waals surface area contributed by atoms with Crippen LogP contribution in [-0.2, 0) is 15.2 Å². The molecule has 7 heteroatoms. The van der Waals surface area contributed by atoms with Gasteiger partial charge < -0.3 is 20.1 Å². The van der Waals surface area contributed by atoms with Gasteiger partial charge in [-0.3, -0.25) is 9.59 Å². The van der Waals surface area contributed by atoms with Crippen molar-refractivity contribution in [3.8, 4) is 5.75 Å². The number of benzene rings is 3. The van der Waals surface area contributed by atoms with Crippen molar-refractivity contribution in [1.29, 1.82) is 0 Å². The second-order valence-electron chi connectivity index (χ2n) is 11.7. The van der Waals surface area contributed by atoms with Crippen molar-refractivity contribution in [1.82, 2.24) is 10.2 Å². The maximum atomic E-state index is 13.7. The summed E-state index contributed by atoms with van der Waals surface area (Å²) < 4.78 is 5.31. The number of carbonyl (C=O) groups is 2. The number of hydrogen-bond acceptors (Lipinski definition) is 4. The second kappa shape index (κ2) is 11.2. The van der Waals surface area contributed by atoms with Gasteiger partial charge in [-0.15, -0.1) is 0 Å². The van der Waals surface area contributed by atoms with Crippen LogP contribution in [0.15, 0.2) is 60.7 Å². The summed E-state index contributed by atoms with van der Waals surface area (Å²) in [6.45, 7) is 10.4. The van der Waals surface area contributed by atoms with Crippen LogP contribution in [0, 0.1) is 11.3 Å². The molecule has 0 aliphatic carbocycles. The first-order valence-corrected chi connectivity index (χ1v) is 13.9. The molecule has 3 aromatic carbocycles. The molecule has 3 atom stereocenters. The minimum Gasteiger partial charge on any atom is -0.497 e. The van der Waals surface area contributed by atoms with Gasteiger partial charge in [0.25, 0.3) is 0 Å². The molecule has 1 aliphatic heterocycles. The molecule has 39 heavy (non-hydrogen) atoms. The molecule has 0 radical (unpaired) electrons. The van der Waals surface area contributed by atoms with Crippen LogP contribution in [0.4, 0.5) is 0 Å². The van der Waals surface area contributed by atoms with Crippen LogP contribution in [0.1, 0.15) is 58.1 Å². The molecule has 2 N–H and O–H groups in total. The van der Waals surface area contributed by atoms with Crippen LogP contribution in [0.3, 0.4) is 0 Å². The van der Waals surface area contributed by atoms with Gasteiger partial charge in [-0.1, -0.05) is 75.7 Å². The van der Waals surface area contributed by atoms with Crippen LogP contribution < -0.4 is 10.1 Å². The van der Waals surface area contributed by atoms with Crippen molar-refractivity contribution in [2.75, 3.05) is 20.2 Å². The maximum absolute atomic E-state index is 13.7. The molecule has 6 nitrogen and oxygen atoms in total. The summed E-state index contributed by atoms with van der Waals surface area (Å²) in [6.07, 6.45) is 0.393. The number of methoxy groups -OCH3 is 1. The highest BCUT2D eigenvalue weighted by molar-refractivity contribution is 6.30. The largest absolute Gasteiger partial charge is 0.497 e. The van der Waals surface area contributed by atoms with Crippen molar-refractivity contribution < 1.29 is 19.4 Å². The number of ether oxygens (including phenoxy) is 1. The predicted octanol–water partition coefficient (Wildman–Crippen LogP) is 5.89. The summed E-state index contributed by atoms with van der Waals surface area (Å²) in [5.74, 6) is -0.0608. The Hall–Kier alpha value is -3.09. The third-order valence-corrected chi connectivity index (χ3v) is 8.53. The lowest BCUT2D eigenvalue weighted by Gasteiger charge is -2.51. The Bertz CT molecular complexity index is 1350. The van der Waals surface area contributed by atoms with Crippen LogP contribution in [0.25, 0.3) is 10.8 Å². The molecular weight excluding hydrogens is 512 g/mol. The summed E-state index contributed by atoms with van der Waals surface area (Å²) >= 11 is 6.06. The smallest absolute Gasteiger partial charge is 0.245 e. The first kappa shape index (κ1) is 28.9. The highest BCUT2D eigenvalue weighted by Gasteiger charge is 2.50. The van der Waals surface area contributed by atoms with E-state index in [4.69, 9.17) is 16.3 Å². The fourth-order valence-corrected chi connectivity index (χ4v) is 5.68. The Morgan fingerprint density at radius 3 is 2.26 bits per heavy atom. The molecule has 2 amide bonds. The number of carbonyl (C=O) groups excluding carboxylic acids is 2. The van der Waals surface area contributed by atoms with Crippen molar-refractivity contribution >= 4 is 34.2 Å². The standard InChI is InChI=1S/C32H39ClN2O4/c1-20(2)28(34-29(36)21(3)22-7-8-24-18-27(39-6)14-9-23(24)17-22)30(37)35-16-15-32(38,31(4,5)19-35)25-10-12-26(33)13-11-25/h7-14,17-18,20-21,28,38H,15-16,19H2,1-6H3,(H,34,36)/t21-,28+,32-/m0/s1. The Morgan fingerprint density at radius 2 is 1.64 bits per heavy atom. The minimum atomic E-state index is -1.10. The van der Waals surface area contributed by atoms with Gasteiger partial charge in [0.15, 0.2) is 0 Å². The number of hydrogen-bond donors (Lipinski definition) is 2. The summed E-state index contributed by atoms with van der Waals surface area (Å²) in [7, 11) is 1.64. The van der Waals surface area contributed by atoms with Crippen molar-refractivity contribution in [2.45, 2.75) is 58.6 Å². The monoisotopic (exact) mass is 550 g/mol. The molecule has 0 aromatic heterocycles. The van der Waals surface area contributed by atoms with Crippen molar-refractivity contribution in [3.05, 3.63) is 76.8 Å². The molecule has 3 aromatic rings. The van der Waals surface area contributed by atoms with Crippen LogP contribution in [-0.4, -0.2) is 48.1 Å². The first-order chi connectivity index (χ1) is 18.4. The fourth-order valence-electron chi connectivity index (χ4n) is 5.55. The zero-order chi connectivity index (χ0) is 28.5. The van der Waals surface area contributed by atoms with Gasteiger partial charge in [0.1, 0.15) is 11.8 Å². The number of piperidine rings is 1. The second-order valence-corrected chi connectivity index (χ2v) is 12.1. The molecule has 1 heterocycles.